The van der Waals surface area contributed by atoms with Gasteiger partial charge in [-0.05, 0) is 107 Å². The van der Waals surface area contributed by atoms with E-state index in [9.17, 15) is 0 Å². The zero-order valence-corrected chi connectivity index (χ0v) is 16.4. The van der Waals surface area contributed by atoms with Crippen molar-refractivity contribution >= 4 is 0 Å². The maximum absolute atomic E-state index is 2.43. The van der Waals surface area contributed by atoms with Gasteiger partial charge in [0, 0.05) is 0 Å². The summed E-state index contributed by atoms with van der Waals surface area (Å²) in [6.07, 6.45) is 14.9. The molecule has 4 saturated carbocycles. The van der Waals surface area contributed by atoms with Crippen molar-refractivity contribution in [3.8, 4) is 0 Å². The summed E-state index contributed by atoms with van der Waals surface area (Å²) < 4.78 is 0. The molecule has 4 aliphatic carbocycles. The van der Waals surface area contributed by atoms with E-state index in [1.165, 1.54) is 51.5 Å². The fraction of sp³-hybridized carbons (Fsp3) is 0.750. The molecule has 0 aliphatic heterocycles. The molecule has 1 aromatic rings. The van der Waals surface area contributed by atoms with Gasteiger partial charge in [0.15, 0.2) is 0 Å². The van der Waals surface area contributed by atoms with Crippen LogP contribution in [-0.4, -0.2) is 25.5 Å². The third kappa shape index (κ3) is 3.82. The molecule has 1 aromatic carbocycles. The van der Waals surface area contributed by atoms with Gasteiger partial charge in [0.05, 0.1) is 0 Å². The molecule has 0 amide bonds. The molecule has 1 heteroatoms. The standard InChI is InChI=1S/C24H37N/c1-25(2)12-8-4-7-11-23(22-9-5-3-6-10-22)24-16-19-13-20(17-24)15-21(14-19)18-24/h3,5-6,9-10,19-21,23H,4,7-8,11-18H2,1-2H3. The van der Waals surface area contributed by atoms with Gasteiger partial charge in [-0.15, -0.1) is 0 Å². The van der Waals surface area contributed by atoms with Crippen molar-refractivity contribution in [2.24, 2.45) is 23.2 Å². The molecule has 0 radical (unpaired) electrons. The van der Waals surface area contributed by atoms with Crippen LogP contribution in [0.4, 0.5) is 0 Å². The second-order valence-electron chi connectivity index (χ2n) is 9.90. The van der Waals surface area contributed by atoms with Crippen molar-refractivity contribution in [1.29, 1.82) is 0 Å². The molecule has 0 heterocycles. The highest BCUT2D eigenvalue weighted by atomic mass is 15.0. The Labute approximate surface area is 155 Å². The summed E-state index contributed by atoms with van der Waals surface area (Å²) in [4.78, 5) is 2.33. The van der Waals surface area contributed by atoms with E-state index in [0.717, 1.165) is 23.7 Å². The van der Waals surface area contributed by atoms with E-state index in [-0.39, 0.29) is 0 Å². The molecule has 1 atom stereocenters. The minimum Gasteiger partial charge on any atom is -0.309 e. The van der Waals surface area contributed by atoms with Crippen LogP contribution in [0.25, 0.3) is 0 Å². The van der Waals surface area contributed by atoms with E-state index in [4.69, 9.17) is 0 Å². The summed E-state index contributed by atoms with van der Waals surface area (Å²) in [7, 11) is 4.39. The number of benzene rings is 1. The first-order chi connectivity index (χ1) is 12.1. The molecule has 0 N–H and O–H groups in total. The lowest BCUT2D eigenvalue weighted by atomic mass is 9.45. The van der Waals surface area contributed by atoms with Crippen molar-refractivity contribution in [3.63, 3.8) is 0 Å². The molecule has 0 saturated heterocycles. The zero-order valence-electron chi connectivity index (χ0n) is 16.4. The monoisotopic (exact) mass is 339 g/mol. The molecule has 25 heavy (non-hydrogen) atoms. The zero-order chi connectivity index (χ0) is 17.3. The van der Waals surface area contributed by atoms with Crippen molar-refractivity contribution < 1.29 is 0 Å². The molecule has 5 rings (SSSR count). The third-order valence-corrected chi connectivity index (χ3v) is 7.62. The van der Waals surface area contributed by atoms with Crippen LogP contribution in [0.5, 0.6) is 0 Å². The highest BCUT2D eigenvalue weighted by Gasteiger charge is 2.53. The van der Waals surface area contributed by atoms with Crippen LogP contribution in [0.2, 0.25) is 0 Å². The number of nitrogens with zero attached hydrogens (tertiary/aromatic N) is 1. The molecule has 1 nitrogen and oxygen atoms in total. The first-order valence-electron chi connectivity index (χ1n) is 10.8. The van der Waals surface area contributed by atoms with Crippen LogP contribution < -0.4 is 0 Å². The van der Waals surface area contributed by atoms with E-state index in [1.54, 1.807) is 24.8 Å². The smallest absolute Gasteiger partial charge is 0.00248 e. The molecular formula is C24H37N. The molecular weight excluding hydrogens is 302 g/mol. The average Bonchev–Trinajstić information content (AvgIpc) is 2.57. The molecule has 138 valence electrons. The Hall–Kier alpha value is -0.820. The Kier molecular flexibility index (Phi) is 5.23. The quantitative estimate of drug-likeness (QED) is 0.517. The second-order valence-corrected chi connectivity index (χ2v) is 9.90. The minimum atomic E-state index is 0.650. The van der Waals surface area contributed by atoms with Crippen LogP contribution in [0, 0.1) is 23.2 Å². The molecule has 0 spiro atoms. The highest BCUT2D eigenvalue weighted by Crippen LogP contribution is 2.65. The summed E-state index contributed by atoms with van der Waals surface area (Å²) in [5.41, 5.74) is 2.30. The molecule has 4 aliphatic rings. The van der Waals surface area contributed by atoms with Crippen molar-refractivity contribution in [2.75, 3.05) is 20.6 Å². The van der Waals surface area contributed by atoms with Crippen LogP contribution in [-0.2, 0) is 0 Å². The predicted octanol–water partition coefficient (Wildman–Crippen LogP) is 6.11. The van der Waals surface area contributed by atoms with E-state index in [2.05, 4.69) is 49.3 Å². The van der Waals surface area contributed by atoms with E-state index < -0.39 is 0 Å². The van der Waals surface area contributed by atoms with E-state index in [1.807, 2.05) is 0 Å². The van der Waals surface area contributed by atoms with Crippen molar-refractivity contribution in [2.45, 2.75) is 70.1 Å². The summed E-state index contributed by atoms with van der Waals surface area (Å²) in [6.45, 7) is 1.24. The third-order valence-electron chi connectivity index (χ3n) is 7.62. The second kappa shape index (κ2) is 7.43. The van der Waals surface area contributed by atoms with E-state index >= 15 is 0 Å². The van der Waals surface area contributed by atoms with Gasteiger partial charge in [-0.1, -0.05) is 43.2 Å². The lowest BCUT2D eigenvalue weighted by Gasteiger charge is -2.60. The van der Waals surface area contributed by atoms with Crippen LogP contribution in [0.3, 0.4) is 0 Å². The average molecular weight is 340 g/mol. The minimum absolute atomic E-state index is 0.650. The number of rotatable bonds is 8. The molecule has 4 fully saturated rings. The Morgan fingerprint density at radius 1 is 0.880 bits per heavy atom. The summed E-state index contributed by atoms with van der Waals surface area (Å²) in [5.74, 6) is 4.00. The van der Waals surface area contributed by atoms with Crippen LogP contribution in [0.15, 0.2) is 30.3 Å². The fourth-order valence-electron chi connectivity index (χ4n) is 7.07. The van der Waals surface area contributed by atoms with Gasteiger partial charge < -0.3 is 4.90 Å². The van der Waals surface area contributed by atoms with Crippen molar-refractivity contribution in [1.82, 2.24) is 4.90 Å². The van der Waals surface area contributed by atoms with Crippen LogP contribution in [0.1, 0.15) is 75.7 Å². The number of unbranched alkanes of at least 4 members (excludes halogenated alkanes) is 2. The maximum atomic E-state index is 2.43. The van der Waals surface area contributed by atoms with Crippen LogP contribution >= 0.6 is 0 Å². The fourth-order valence-corrected chi connectivity index (χ4v) is 7.07. The summed E-state index contributed by atoms with van der Waals surface area (Å²) in [6, 6.07) is 11.6. The van der Waals surface area contributed by atoms with Gasteiger partial charge >= 0.3 is 0 Å². The van der Waals surface area contributed by atoms with Gasteiger partial charge in [-0.3, -0.25) is 0 Å². The summed E-state index contributed by atoms with van der Waals surface area (Å²) in [5, 5.41) is 0. The number of hydrogen-bond donors (Lipinski definition) is 0. The maximum Gasteiger partial charge on any atom is -0.00248 e. The largest absolute Gasteiger partial charge is 0.309 e. The normalized spacial score (nSPS) is 34.6. The lowest BCUT2D eigenvalue weighted by Crippen LogP contribution is -2.48. The summed E-state index contributed by atoms with van der Waals surface area (Å²) >= 11 is 0. The SMILES string of the molecule is CN(C)CCCCCC(c1ccccc1)C12CC3CC(CC(C3)C1)C2. The first kappa shape index (κ1) is 17.6. The molecule has 0 aromatic heterocycles. The Balaban J connectivity index is 1.48. The topological polar surface area (TPSA) is 3.24 Å². The predicted molar refractivity (Wildman–Crippen MR) is 107 cm³/mol. The Morgan fingerprint density at radius 3 is 2.04 bits per heavy atom. The van der Waals surface area contributed by atoms with Gasteiger partial charge in [-0.25, -0.2) is 0 Å². The first-order valence-corrected chi connectivity index (χ1v) is 10.8. The van der Waals surface area contributed by atoms with Gasteiger partial charge in [0.25, 0.3) is 0 Å². The Morgan fingerprint density at radius 2 is 1.48 bits per heavy atom. The highest BCUT2D eigenvalue weighted by molar-refractivity contribution is 5.24. The van der Waals surface area contributed by atoms with E-state index in [0.29, 0.717) is 5.41 Å². The van der Waals surface area contributed by atoms with Crippen molar-refractivity contribution in [3.05, 3.63) is 35.9 Å². The Bertz CT molecular complexity index is 511. The lowest BCUT2D eigenvalue weighted by molar-refractivity contribution is -0.0704. The van der Waals surface area contributed by atoms with Gasteiger partial charge in [0.1, 0.15) is 0 Å². The molecule has 4 bridgehead atoms. The molecule has 1 unspecified atom stereocenters. The van der Waals surface area contributed by atoms with Gasteiger partial charge in [0.2, 0.25) is 0 Å². The number of hydrogen-bond acceptors (Lipinski definition) is 1. The van der Waals surface area contributed by atoms with Gasteiger partial charge in [-0.2, -0.15) is 0 Å².